The number of carbonyl (C=O) groups is 1. The van der Waals surface area contributed by atoms with E-state index in [2.05, 4.69) is 20.7 Å². The van der Waals surface area contributed by atoms with E-state index in [1.807, 2.05) is 6.92 Å². The van der Waals surface area contributed by atoms with E-state index < -0.39 is 0 Å². The Bertz CT molecular complexity index is 418. The lowest BCUT2D eigenvalue weighted by Gasteiger charge is -2.39. The number of aliphatic imine (C=N–C) groups is 1. The van der Waals surface area contributed by atoms with Gasteiger partial charge in [0.1, 0.15) is 18.1 Å². The van der Waals surface area contributed by atoms with E-state index in [-0.39, 0.29) is 18.1 Å². The largest absolute Gasteiger partial charge is 0.310 e. The van der Waals surface area contributed by atoms with Crippen LogP contribution in [0, 0.1) is 0 Å². The van der Waals surface area contributed by atoms with Gasteiger partial charge in [-0.2, -0.15) is 0 Å². The standard InChI is InChI=1S/C15H28N4O2S/c1-12(20)9-7-5-4-6-8-10-18-15-14(11-17(3)22-18)16-13(2)19(15)21/h13,15,21H,4-11H2,1-3H3. The average Bonchev–Trinajstić information content (AvgIpc) is 2.72. The Balaban J connectivity index is 1.70. The summed E-state index contributed by atoms with van der Waals surface area (Å²) in [6.07, 6.45) is 6.07. The summed E-state index contributed by atoms with van der Waals surface area (Å²) in [5.74, 6) is 0.290. The average molecular weight is 328 g/mol. The fourth-order valence-electron chi connectivity index (χ4n) is 2.96. The number of fused-ring (bicyclic) bond motifs is 1. The summed E-state index contributed by atoms with van der Waals surface area (Å²) in [6, 6.07) is 0. The van der Waals surface area contributed by atoms with E-state index in [0.717, 1.165) is 38.1 Å². The maximum Gasteiger partial charge on any atom is 0.139 e. The number of hydroxylamine groups is 2. The Kier molecular flexibility index (Phi) is 6.83. The maximum atomic E-state index is 10.9. The molecule has 7 heteroatoms. The van der Waals surface area contributed by atoms with Crippen molar-refractivity contribution < 1.29 is 10.0 Å². The Morgan fingerprint density at radius 3 is 2.73 bits per heavy atom. The van der Waals surface area contributed by atoms with Gasteiger partial charge in [0.15, 0.2) is 0 Å². The molecule has 1 fully saturated rings. The molecule has 1 saturated heterocycles. The fraction of sp³-hybridized carbons (Fsp3) is 0.867. The molecule has 6 nitrogen and oxygen atoms in total. The van der Waals surface area contributed by atoms with Crippen LogP contribution in [0.2, 0.25) is 0 Å². The molecule has 22 heavy (non-hydrogen) atoms. The van der Waals surface area contributed by atoms with E-state index in [1.54, 1.807) is 19.1 Å². The SMILES string of the molecule is CC(=O)CCCCCCCN1SN(C)CC2=NC(C)N(O)C21. The summed E-state index contributed by atoms with van der Waals surface area (Å²) >= 11 is 1.68. The van der Waals surface area contributed by atoms with Crippen molar-refractivity contribution >= 4 is 23.6 Å². The fourth-order valence-corrected chi connectivity index (χ4v) is 4.03. The number of unbranched alkanes of at least 4 members (excludes halogenated alkanes) is 4. The molecule has 1 N–H and O–H groups in total. The lowest BCUT2D eigenvalue weighted by molar-refractivity contribution is -0.148. The Morgan fingerprint density at radius 1 is 1.32 bits per heavy atom. The first-order valence-electron chi connectivity index (χ1n) is 8.18. The molecule has 0 aromatic carbocycles. The molecule has 0 amide bonds. The number of ketones is 1. The molecule has 0 spiro atoms. The molecule has 2 unspecified atom stereocenters. The molecule has 0 saturated carbocycles. The van der Waals surface area contributed by atoms with Gasteiger partial charge in [-0.25, -0.2) is 8.61 Å². The van der Waals surface area contributed by atoms with Crippen molar-refractivity contribution in [3.05, 3.63) is 0 Å². The van der Waals surface area contributed by atoms with Crippen LogP contribution in [0.25, 0.3) is 0 Å². The van der Waals surface area contributed by atoms with Crippen molar-refractivity contribution in [1.29, 1.82) is 0 Å². The van der Waals surface area contributed by atoms with E-state index in [9.17, 15) is 10.0 Å². The smallest absolute Gasteiger partial charge is 0.139 e. The first-order chi connectivity index (χ1) is 10.5. The molecule has 2 aliphatic rings. The minimum Gasteiger partial charge on any atom is -0.310 e. The predicted octanol–water partition coefficient (Wildman–Crippen LogP) is 2.54. The Hall–Kier alpha value is -0.470. The third kappa shape index (κ3) is 4.76. The zero-order chi connectivity index (χ0) is 16.1. The number of carbonyl (C=O) groups excluding carboxylic acids is 1. The van der Waals surface area contributed by atoms with E-state index in [0.29, 0.717) is 6.42 Å². The number of Topliss-reactive ketones (excluding diaryl/α,β-unsaturated/α-hetero) is 1. The zero-order valence-corrected chi connectivity index (χ0v) is 14.7. The summed E-state index contributed by atoms with van der Waals surface area (Å²) < 4.78 is 4.38. The van der Waals surface area contributed by atoms with E-state index >= 15 is 0 Å². The van der Waals surface area contributed by atoms with Gasteiger partial charge < -0.3 is 10.0 Å². The van der Waals surface area contributed by atoms with Crippen molar-refractivity contribution in [1.82, 2.24) is 13.7 Å². The molecule has 2 heterocycles. The quantitative estimate of drug-likeness (QED) is 0.546. The van der Waals surface area contributed by atoms with Crippen molar-refractivity contribution in [2.24, 2.45) is 4.99 Å². The lowest BCUT2D eigenvalue weighted by atomic mass is 10.1. The van der Waals surface area contributed by atoms with E-state index in [4.69, 9.17) is 0 Å². The predicted molar refractivity (Wildman–Crippen MR) is 89.6 cm³/mol. The summed E-state index contributed by atoms with van der Waals surface area (Å²) in [7, 11) is 2.06. The van der Waals surface area contributed by atoms with Gasteiger partial charge in [-0.1, -0.05) is 19.3 Å². The van der Waals surface area contributed by atoms with Crippen LogP contribution in [-0.4, -0.2) is 62.8 Å². The molecule has 126 valence electrons. The lowest BCUT2D eigenvalue weighted by Crippen LogP contribution is -2.53. The van der Waals surface area contributed by atoms with Crippen molar-refractivity contribution in [2.75, 3.05) is 20.1 Å². The van der Waals surface area contributed by atoms with Crippen molar-refractivity contribution in [3.63, 3.8) is 0 Å². The highest BCUT2D eigenvalue weighted by molar-refractivity contribution is 7.94. The number of hydrogen-bond acceptors (Lipinski definition) is 7. The highest BCUT2D eigenvalue weighted by atomic mass is 32.2. The third-order valence-corrected chi connectivity index (χ3v) is 5.09. The van der Waals surface area contributed by atoms with Crippen LogP contribution in [0.15, 0.2) is 4.99 Å². The number of hydrogen-bond donors (Lipinski definition) is 1. The number of nitrogens with zero attached hydrogens (tertiary/aromatic N) is 4. The van der Waals surface area contributed by atoms with Gasteiger partial charge in [0.2, 0.25) is 0 Å². The van der Waals surface area contributed by atoms with Gasteiger partial charge in [0.25, 0.3) is 0 Å². The number of rotatable bonds is 8. The minimum atomic E-state index is -0.152. The molecular formula is C15H28N4O2S. The van der Waals surface area contributed by atoms with Crippen molar-refractivity contribution in [2.45, 2.75) is 64.7 Å². The first kappa shape index (κ1) is 17.9. The second kappa shape index (κ2) is 8.40. The molecule has 0 bridgehead atoms. The second-order valence-electron chi connectivity index (χ2n) is 6.23. The summed E-state index contributed by atoms with van der Waals surface area (Å²) in [4.78, 5) is 15.4. The molecule has 0 aliphatic carbocycles. The molecule has 2 atom stereocenters. The summed E-state index contributed by atoms with van der Waals surface area (Å²) in [5, 5.41) is 11.6. The Morgan fingerprint density at radius 2 is 2.00 bits per heavy atom. The Labute approximate surface area is 137 Å². The van der Waals surface area contributed by atoms with Gasteiger partial charge >= 0.3 is 0 Å². The normalized spacial score (nSPS) is 27.0. The monoisotopic (exact) mass is 328 g/mol. The van der Waals surface area contributed by atoms with Crippen molar-refractivity contribution in [3.8, 4) is 0 Å². The van der Waals surface area contributed by atoms with Crippen LogP contribution in [0.1, 0.15) is 52.4 Å². The van der Waals surface area contributed by atoms with Gasteiger partial charge in [0, 0.05) is 25.1 Å². The van der Waals surface area contributed by atoms with Gasteiger partial charge in [-0.05, 0) is 33.7 Å². The molecule has 2 rings (SSSR count). The summed E-state index contributed by atoms with van der Waals surface area (Å²) in [5.41, 5.74) is 1.05. The maximum absolute atomic E-state index is 10.9. The molecule has 0 aromatic heterocycles. The highest BCUT2D eigenvalue weighted by Gasteiger charge is 2.41. The third-order valence-electron chi connectivity index (χ3n) is 4.09. The van der Waals surface area contributed by atoms with Gasteiger partial charge in [-0.3, -0.25) is 4.99 Å². The zero-order valence-electron chi connectivity index (χ0n) is 13.9. The van der Waals surface area contributed by atoms with Crippen LogP contribution in [0.4, 0.5) is 0 Å². The summed E-state index contributed by atoms with van der Waals surface area (Å²) in [6.45, 7) is 5.32. The molecule has 2 aliphatic heterocycles. The second-order valence-corrected chi connectivity index (χ2v) is 7.49. The minimum absolute atomic E-state index is 0.0751. The van der Waals surface area contributed by atoms with Gasteiger partial charge in [-0.15, -0.1) is 5.06 Å². The van der Waals surface area contributed by atoms with Crippen LogP contribution in [0.5, 0.6) is 0 Å². The molecular weight excluding hydrogens is 300 g/mol. The molecule has 0 radical (unpaired) electrons. The topological polar surface area (TPSA) is 59.4 Å². The van der Waals surface area contributed by atoms with Crippen LogP contribution in [0.3, 0.4) is 0 Å². The van der Waals surface area contributed by atoms with Crippen LogP contribution < -0.4 is 0 Å². The van der Waals surface area contributed by atoms with Gasteiger partial charge in [0.05, 0.1) is 12.3 Å². The van der Waals surface area contributed by atoms with E-state index in [1.165, 1.54) is 17.9 Å². The highest BCUT2D eigenvalue weighted by Crippen LogP contribution is 2.31. The first-order valence-corrected chi connectivity index (χ1v) is 8.91. The van der Waals surface area contributed by atoms with Crippen LogP contribution >= 0.6 is 12.1 Å². The van der Waals surface area contributed by atoms with Crippen LogP contribution in [-0.2, 0) is 4.79 Å². The molecule has 0 aromatic rings.